The molecule has 0 fully saturated rings. The van der Waals surface area contributed by atoms with Gasteiger partial charge in [0.15, 0.2) is 0 Å². The molecule has 0 unspecified atom stereocenters. The van der Waals surface area contributed by atoms with Crippen molar-refractivity contribution in [1.29, 1.82) is 0 Å². The van der Waals surface area contributed by atoms with Gasteiger partial charge in [-0.25, -0.2) is 0 Å². The lowest BCUT2D eigenvalue weighted by Crippen LogP contribution is -2.45. The lowest BCUT2D eigenvalue weighted by molar-refractivity contribution is 0.352. The van der Waals surface area contributed by atoms with Crippen LogP contribution in [0.1, 0.15) is 19.4 Å². The predicted molar refractivity (Wildman–Crippen MR) is 76.1 cm³/mol. The van der Waals surface area contributed by atoms with Crippen LogP contribution in [0.4, 0.5) is 0 Å². The summed E-state index contributed by atoms with van der Waals surface area (Å²) in [7, 11) is 4.88. The molecule has 0 spiro atoms. The molecule has 0 aliphatic carbocycles. The van der Waals surface area contributed by atoms with Crippen molar-refractivity contribution in [2.24, 2.45) is 5.73 Å². The minimum absolute atomic E-state index is 0.143. The highest BCUT2D eigenvalue weighted by atomic mass is 16.5. The molecule has 0 atom stereocenters. The fraction of sp³-hybridized carbons (Fsp3) is 0.571. The third kappa shape index (κ3) is 4.01. The van der Waals surface area contributed by atoms with Crippen LogP contribution in [0, 0.1) is 0 Å². The molecule has 108 valence electrons. The van der Waals surface area contributed by atoms with Gasteiger partial charge in [-0.3, -0.25) is 0 Å². The normalized spacial score (nSPS) is 11.3. The van der Waals surface area contributed by atoms with Crippen molar-refractivity contribution in [3.63, 3.8) is 0 Å². The smallest absolute Gasteiger partial charge is 0.130 e. The molecule has 5 nitrogen and oxygen atoms in total. The van der Waals surface area contributed by atoms with Crippen molar-refractivity contribution in [3.8, 4) is 17.2 Å². The highest BCUT2D eigenvalue weighted by molar-refractivity contribution is 5.50. The topological polar surface area (TPSA) is 65.7 Å². The van der Waals surface area contributed by atoms with E-state index in [0.717, 1.165) is 17.1 Å². The minimum atomic E-state index is -0.143. The average molecular weight is 268 g/mol. The maximum Gasteiger partial charge on any atom is 0.130 e. The van der Waals surface area contributed by atoms with E-state index in [0.29, 0.717) is 18.8 Å². The molecule has 0 saturated heterocycles. The van der Waals surface area contributed by atoms with Crippen molar-refractivity contribution < 1.29 is 14.2 Å². The molecule has 1 aromatic rings. The summed E-state index contributed by atoms with van der Waals surface area (Å²) in [5.41, 5.74) is 6.52. The summed E-state index contributed by atoms with van der Waals surface area (Å²) in [6.45, 7) is 5.26. The van der Waals surface area contributed by atoms with Crippen LogP contribution in [-0.2, 0) is 6.54 Å². The Balaban J connectivity index is 3.04. The number of benzene rings is 1. The van der Waals surface area contributed by atoms with Crippen LogP contribution < -0.4 is 25.3 Å². The number of nitrogens with two attached hydrogens (primary N) is 1. The summed E-state index contributed by atoms with van der Waals surface area (Å²) < 4.78 is 16.0. The fourth-order valence-corrected chi connectivity index (χ4v) is 1.65. The van der Waals surface area contributed by atoms with E-state index in [1.807, 2.05) is 12.1 Å². The maximum absolute atomic E-state index is 5.71. The van der Waals surface area contributed by atoms with Crippen LogP contribution in [0.5, 0.6) is 17.2 Å². The molecule has 19 heavy (non-hydrogen) atoms. The first-order valence-corrected chi connectivity index (χ1v) is 6.21. The van der Waals surface area contributed by atoms with Crippen molar-refractivity contribution >= 4 is 0 Å². The largest absolute Gasteiger partial charge is 0.496 e. The molecule has 0 aliphatic rings. The Morgan fingerprint density at radius 2 is 1.58 bits per heavy atom. The number of ether oxygens (including phenoxy) is 3. The standard InChI is InChI=1S/C14H24N2O3/c1-14(2,9-15)16-8-11-12(18-4)6-10(17-3)7-13(11)19-5/h6-7,16H,8-9,15H2,1-5H3. The Morgan fingerprint density at radius 3 is 1.95 bits per heavy atom. The Hall–Kier alpha value is -1.46. The van der Waals surface area contributed by atoms with Crippen LogP contribution in [0.15, 0.2) is 12.1 Å². The molecule has 3 N–H and O–H groups in total. The second-order valence-electron chi connectivity index (χ2n) is 4.95. The van der Waals surface area contributed by atoms with Gasteiger partial charge in [-0.2, -0.15) is 0 Å². The zero-order valence-electron chi connectivity index (χ0n) is 12.4. The average Bonchev–Trinajstić information content (AvgIpc) is 2.44. The molecule has 0 bridgehead atoms. The van der Waals surface area contributed by atoms with E-state index in [2.05, 4.69) is 19.2 Å². The molecular formula is C14H24N2O3. The van der Waals surface area contributed by atoms with Gasteiger partial charge in [0.25, 0.3) is 0 Å². The van der Waals surface area contributed by atoms with Gasteiger partial charge in [0.05, 0.1) is 26.9 Å². The highest BCUT2D eigenvalue weighted by Gasteiger charge is 2.18. The third-order valence-electron chi connectivity index (χ3n) is 3.07. The van der Waals surface area contributed by atoms with E-state index in [-0.39, 0.29) is 5.54 Å². The van der Waals surface area contributed by atoms with Gasteiger partial charge in [-0.05, 0) is 13.8 Å². The summed E-state index contributed by atoms with van der Waals surface area (Å²) in [4.78, 5) is 0. The van der Waals surface area contributed by atoms with E-state index in [4.69, 9.17) is 19.9 Å². The third-order valence-corrected chi connectivity index (χ3v) is 3.07. The molecule has 5 heteroatoms. The van der Waals surface area contributed by atoms with E-state index in [9.17, 15) is 0 Å². The van der Waals surface area contributed by atoms with E-state index < -0.39 is 0 Å². The Morgan fingerprint density at radius 1 is 1.05 bits per heavy atom. The lowest BCUT2D eigenvalue weighted by atomic mass is 10.0. The minimum Gasteiger partial charge on any atom is -0.496 e. The summed E-state index contributed by atoms with van der Waals surface area (Å²) >= 11 is 0. The molecule has 1 rings (SSSR count). The monoisotopic (exact) mass is 268 g/mol. The van der Waals surface area contributed by atoms with E-state index in [1.165, 1.54) is 0 Å². The number of hydrogen-bond donors (Lipinski definition) is 2. The Labute approximate surface area is 115 Å². The van der Waals surface area contributed by atoms with Gasteiger partial charge in [-0.1, -0.05) is 0 Å². The number of rotatable bonds is 7. The predicted octanol–water partition coefficient (Wildman–Crippen LogP) is 1.54. The first-order valence-electron chi connectivity index (χ1n) is 6.21. The van der Waals surface area contributed by atoms with Gasteiger partial charge in [0, 0.05) is 30.8 Å². The quantitative estimate of drug-likeness (QED) is 0.785. The van der Waals surface area contributed by atoms with Crippen LogP contribution in [0.3, 0.4) is 0 Å². The van der Waals surface area contributed by atoms with Gasteiger partial charge in [0.1, 0.15) is 17.2 Å². The zero-order valence-corrected chi connectivity index (χ0v) is 12.4. The van der Waals surface area contributed by atoms with Crippen molar-refractivity contribution in [3.05, 3.63) is 17.7 Å². The zero-order chi connectivity index (χ0) is 14.5. The van der Waals surface area contributed by atoms with Gasteiger partial charge >= 0.3 is 0 Å². The SMILES string of the molecule is COc1cc(OC)c(CNC(C)(C)CN)c(OC)c1. The second kappa shape index (κ2) is 6.63. The van der Waals surface area contributed by atoms with Crippen molar-refractivity contribution in [2.75, 3.05) is 27.9 Å². The fourth-order valence-electron chi connectivity index (χ4n) is 1.65. The summed E-state index contributed by atoms with van der Waals surface area (Å²) in [5, 5.41) is 3.39. The molecule has 0 saturated carbocycles. The number of nitrogens with one attached hydrogen (secondary N) is 1. The van der Waals surface area contributed by atoms with Gasteiger partial charge in [0.2, 0.25) is 0 Å². The first kappa shape index (κ1) is 15.6. The summed E-state index contributed by atoms with van der Waals surface area (Å²) in [6.07, 6.45) is 0. The molecule has 0 amide bonds. The molecule has 1 aromatic carbocycles. The van der Waals surface area contributed by atoms with Crippen molar-refractivity contribution in [1.82, 2.24) is 5.32 Å². The Kier molecular flexibility index (Phi) is 5.44. The lowest BCUT2D eigenvalue weighted by Gasteiger charge is -2.25. The highest BCUT2D eigenvalue weighted by Crippen LogP contribution is 2.34. The van der Waals surface area contributed by atoms with E-state index >= 15 is 0 Å². The van der Waals surface area contributed by atoms with Crippen LogP contribution >= 0.6 is 0 Å². The van der Waals surface area contributed by atoms with Crippen LogP contribution in [0.25, 0.3) is 0 Å². The van der Waals surface area contributed by atoms with E-state index in [1.54, 1.807) is 21.3 Å². The van der Waals surface area contributed by atoms with Gasteiger partial charge < -0.3 is 25.3 Å². The molecule has 0 aliphatic heterocycles. The van der Waals surface area contributed by atoms with Crippen LogP contribution in [0.2, 0.25) is 0 Å². The maximum atomic E-state index is 5.71. The summed E-state index contributed by atoms with van der Waals surface area (Å²) in [5.74, 6) is 2.17. The molecular weight excluding hydrogens is 244 g/mol. The van der Waals surface area contributed by atoms with Crippen LogP contribution in [-0.4, -0.2) is 33.4 Å². The first-order chi connectivity index (χ1) is 8.97. The van der Waals surface area contributed by atoms with Gasteiger partial charge in [-0.15, -0.1) is 0 Å². The summed E-state index contributed by atoms with van der Waals surface area (Å²) in [6, 6.07) is 3.68. The second-order valence-corrected chi connectivity index (χ2v) is 4.95. The molecule has 0 heterocycles. The molecule has 0 radical (unpaired) electrons. The molecule has 0 aromatic heterocycles. The number of hydrogen-bond acceptors (Lipinski definition) is 5. The Bertz CT molecular complexity index is 394. The van der Waals surface area contributed by atoms with Crippen molar-refractivity contribution in [2.45, 2.75) is 25.9 Å². The number of methoxy groups -OCH3 is 3.